The number of nitrogens with one attached hydrogen (secondary N) is 2. The van der Waals surface area contributed by atoms with Gasteiger partial charge in [0.05, 0.1) is 5.57 Å². The normalized spacial score (nSPS) is 16.2. The molecule has 0 radical (unpaired) electrons. The Bertz CT molecular complexity index is 245. The predicted molar refractivity (Wildman–Crippen MR) is 51.8 cm³/mol. The van der Waals surface area contributed by atoms with Crippen LogP contribution in [0.15, 0.2) is 22.8 Å². The van der Waals surface area contributed by atoms with Gasteiger partial charge in [0.15, 0.2) is 0 Å². The number of hydrogen-bond donors (Lipinski definition) is 2. The molecular weight excluding hydrogens is 172 g/mol. The quantitative estimate of drug-likeness (QED) is 0.655. The van der Waals surface area contributed by atoms with Crippen molar-refractivity contribution in [3.8, 4) is 0 Å². The van der Waals surface area contributed by atoms with E-state index in [0.717, 1.165) is 17.0 Å². The minimum absolute atomic E-state index is 0.00352. The maximum absolute atomic E-state index is 11.3. The molecule has 66 valence electrons. The first-order chi connectivity index (χ1) is 5.79. The van der Waals surface area contributed by atoms with Crippen molar-refractivity contribution in [2.75, 3.05) is 19.8 Å². The highest BCUT2D eigenvalue weighted by molar-refractivity contribution is 8.02. The smallest absolute Gasteiger partial charge is 0.249 e. The number of amides is 1. The van der Waals surface area contributed by atoms with E-state index < -0.39 is 0 Å². The Morgan fingerprint density at radius 1 is 1.58 bits per heavy atom. The summed E-state index contributed by atoms with van der Waals surface area (Å²) in [6.45, 7) is 0. The van der Waals surface area contributed by atoms with Crippen LogP contribution in [0, 0.1) is 0 Å². The van der Waals surface area contributed by atoms with Crippen molar-refractivity contribution in [1.29, 1.82) is 0 Å². The molecule has 0 aliphatic carbocycles. The predicted octanol–water partition coefficient (Wildman–Crippen LogP) is 0.466. The molecular formula is C8H12N2OS. The number of carbonyl (C=O) groups excluding carboxylic acids is 1. The molecule has 1 heterocycles. The average Bonchev–Trinajstić information content (AvgIpc) is 2.16. The van der Waals surface area contributed by atoms with Crippen LogP contribution in [0.25, 0.3) is 0 Å². The van der Waals surface area contributed by atoms with Crippen LogP contribution in [0.4, 0.5) is 0 Å². The Labute approximate surface area is 76.3 Å². The highest BCUT2D eigenvalue weighted by atomic mass is 32.2. The van der Waals surface area contributed by atoms with Gasteiger partial charge in [-0.1, -0.05) is 0 Å². The fourth-order valence-electron chi connectivity index (χ4n) is 0.999. The molecule has 0 unspecified atom stereocenters. The van der Waals surface area contributed by atoms with Crippen LogP contribution in [-0.2, 0) is 4.79 Å². The van der Waals surface area contributed by atoms with Gasteiger partial charge in [0, 0.05) is 25.5 Å². The van der Waals surface area contributed by atoms with Gasteiger partial charge < -0.3 is 10.6 Å². The lowest BCUT2D eigenvalue weighted by Crippen LogP contribution is -2.25. The molecule has 0 aromatic heterocycles. The molecule has 0 saturated carbocycles. The zero-order valence-electron chi connectivity index (χ0n) is 7.18. The monoisotopic (exact) mass is 184 g/mol. The number of carbonyl (C=O) groups is 1. The summed E-state index contributed by atoms with van der Waals surface area (Å²) >= 11 is 1.63. The van der Waals surface area contributed by atoms with E-state index in [4.69, 9.17) is 0 Å². The van der Waals surface area contributed by atoms with Crippen LogP contribution in [-0.4, -0.2) is 25.8 Å². The fourth-order valence-corrected chi connectivity index (χ4v) is 1.78. The van der Waals surface area contributed by atoms with Crippen molar-refractivity contribution in [1.82, 2.24) is 10.6 Å². The van der Waals surface area contributed by atoms with Crippen LogP contribution in [0.3, 0.4) is 0 Å². The van der Waals surface area contributed by atoms with Crippen LogP contribution in [0.2, 0.25) is 0 Å². The summed E-state index contributed by atoms with van der Waals surface area (Å²) in [7, 11) is 3.46. The van der Waals surface area contributed by atoms with E-state index in [1.807, 2.05) is 18.5 Å². The standard InChI is InChI=1S/C8H12N2OS/c1-9-7-3-4-12-5-6(7)8(11)10-2/h3-4,9H,5H2,1-2H3,(H,10,11). The molecule has 0 saturated heterocycles. The second kappa shape index (κ2) is 4.21. The summed E-state index contributed by atoms with van der Waals surface area (Å²) < 4.78 is 0. The summed E-state index contributed by atoms with van der Waals surface area (Å²) in [4.78, 5) is 11.3. The molecule has 12 heavy (non-hydrogen) atoms. The molecule has 1 aliphatic rings. The minimum Gasteiger partial charge on any atom is -0.388 e. The summed E-state index contributed by atoms with van der Waals surface area (Å²) in [6.07, 6.45) is 1.92. The van der Waals surface area contributed by atoms with Crippen LogP contribution >= 0.6 is 11.8 Å². The van der Waals surface area contributed by atoms with Gasteiger partial charge in [-0.2, -0.15) is 0 Å². The van der Waals surface area contributed by atoms with Crippen molar-refractivity contribution < 1.29 is 4.79 Å². The van der Waals surface area contributed by atoms with Crippen molar-refractivity contribution >= 4 is 17.7 Å². The first-order valence-corrected chi connectivity index (χ1v) is 4.75. The number of allylic oxidation sites excluding steroid dienone is 1. The zero-order valence-corrected chi connectivity index (χ0v) is 7.99. The number of thioether (sulfide) groups is 1. The van der Waals surface area contributed by atoms with E-state index in [-0.39, 0.29) is 5.91 Å². The molecule has 2 N–H and O–H groups in total. The Balaban J connectivity index is 2.88. The molecule has 0 bridgehead atoms. The van der Waals surface area contributed by atoms with E-state index in [1.165, 1.54) is 0 Å². The average molecular weight is 184 g/mol. The van der Waals surface area contributed by atoms with Crippen LogP contribution in [0.1, 0.15) is 0 Å². The largest absolute Gasteiger partial charge is 0.388 e. The highest BCUT2D eigenvalue weighted by Gasteiger charge is 2.13. The van der Waals surface area contributed by atoms with E-state index in [2.05, 4.69) is 10.6 Å². The third-order valence-electron chi connectivity index (χ3n) is 1.65. The molecule has 4 heteroatoms. The summed E-state index contributed by atoms with van der Waals surface area (Å²) in [5, 5.41) is 7.59. The minimum atomic E-state index is -0.00352. The van der Waals surface area contributed by atoms with Crippen LogP contribution in [0.5, 0.6) is 0 Å². The molecule has 0 aromatic rings. The molecule has 0 spiro atoms. The van der Waals surface area contributed by atoms with Gasteiger partial charge in [-0.05, 0) is 11.5 Å². The topological polar surface area (TPSA) is 41.1 Å². The van der Waals surface area contributed by atoms with E-state index in [0.29, 0.717) is 0 Å². The number of hydrogen-bond acceptors (Lipinski definition) is 3. The van der Waals surface area contributed by atoms with Crippen molar-refractivity contribution in [2.24, 2.45) is 0 Å². The SMILES string of the molecule is CNC(=O)C1=C(NC)C=CSC1. The maximum Gasteiger partial charge on any atom is 0.249 e. The van der Waals surface area contributed by atoms with E-state index in [9.17, 15) is 4.79 Å². The van der Waals surface area contributed by atoms with Gasteiger partial charge in [-0.25, -0.2) is 0 Å². The molecule has 1 rings (SSSR count). The third-order valence-corrected chi connectivity index (χ3v) is 2.44. The summed E-state index contributed by atoms with van der Waals surface area (Å²) in [5.41, 5.74) is 1.72. The Hall–Kier alpha value is -0.900. The first kappa shape index (κ1) is 9.19. The highest BCUT2D eigenvalue weighted by Crippen LogP contribution is 2.19. The lowest BCUT2D eigenvalue weighted by Gasteiger charge is -2.13. The van der Waals surface area contributed by atoms with Crippen LogP contribution < -0.4 is 10.6 Å². The molecule has 1 aliphatic heterocycles. The van der Waals surface area contributed by atoms with Crippen molar-refractivity contribution in [2.45, 2.75) is 0 Å². The second-order valence-corrected chi connectivity index (χ2v) is 3.23. The Morgan fingerprint density at radius 2 is 2.33 bits per heavy atom. The molecule has 0 fully saturated rings. The molecule has 0 atom stereocenters. The lowest BCUT2D eigenvalue weighted by atomic mass is 10.2. The van der Waals surface area contributed by atoms with Gasteiger partial charge in [0.2, 0.25) is 5.91 Å². The van der Waals surface area contributed by atoms with Crippen molar-refractivity contribution in [3.63, 3.8) is 0 Å². The molecule has 0 aromatic carbocycles. The summed E-state index contributed by atoms with van der Waals surface area (Å²) in [5.74, 6) is 0.739. The lowest BCUT2D eigenvalue weighted by molar-refractivity contribution is -0.117. The summed E-state index contributed by atoms with van der Waals surface area (Å²) in [6, 6.07) is 0. The van der Waals surface area contributed by atoms with Gasteiger partial charge in [-0.3, -0.25) is 4.79 Å². The van der Waals surface area contributed by atoms with Gasteiger partial charge in [-0.15, -0.1) is 11.8 Å². The fraction of sp³-hybridized carbons (Fsp3) is 0.375. The van der Waals surface area contributed by atoms with Gasteiger partial charge in [0.1, 0.15) is 0 Å². The molecule has 1 amide bonds. The van der Waals surface area contributed by atoms with Crippen molar-refractivity contribution in [3.05, 3.63) is 22.8 Å². The Morgan fingerprint density at radius 3 is 2.92 bits per heavy atom. The maximum atomic E-state index is 11.3. The zero-order chi connectivity index (χ0) is 8.97. The van der Waals surface area contributed by atoms with Gasteiger partial charge in [0.25, 0.3) is 0 Å². The Kier molecular flexibility index (Phi) is 3.22. The van der Waals surface area contributed by atoms with Gasteiger partial charge >= 0.3 is 0 Å². The first-order valence-electron chi connectivity index (χ1n) is 3.70. The molecule has 3 nitrogen and oxygen atoms in total. The third kappa shape index (κ3) is 1.82. The number of rotatable bonds is 2. The second-order valence-electron chi connectivity index (χ2n) is 2.34. The van der Waals surface area contributed by atoms with E-state index >= 15 is 0 Å². The van der Waals surface area contributed by atoms with E-state index in [1.54, 1.807) is 18.8 Å². The number of likely N-dealkylation sites (N-methyl/N-ethyl adjacent to an activating group) is 2.